The summed E-state index contributed by atoms with van der Waals surface area (Å²) in [5, 5.41) is 2.14. The van der Waals surface area contributed by atoms with E-state index in [1.165, 1.54) is 16.7 Å². The van der Waals surface area contributed by atoms with Crippen LogP contribution in [0.1, 0.15) is 76.3 Å². The highest BCUT2D eigenvalue weighted by Crippen LogP contribution is 2.62. The molecule has 6 nitrogen and oxygen atoms in total. The van der Waals surface area contributed by atoms with Gasteiger partial charge in [0.05, 0.1) is 43.0 Å². The second-order valence-corrected chi connectivity index (χ2v) is 18.7. The lowest BCUT2D eigenvalue weighted by Crippen LogP contribution is -2.51. The molecule has 5 aromatic carbocycles. The van der Waals surface area contributed by atoms with E-state index in [-0.39, 0.29) is 10.8 Å². The number of anilines is 3. The molecule has 10 rings (SSSR count). The summed E-state index contributed by atoms with van der Waals surface area (Å²) in [6.07, 6.45) is 1.91. The van der Waals surface area contributed by atoms with Crippen LogP contribution in [0.25, 0.3) is 27.6 Å². The summed E-state index contributed by atoms with van der Waals surface area (Å²) >= 11 is 0. The minimum Gasteiger partial charge on any atom is -0.467 e. The van der Waals surface area contributed by atoms with Crippen LogP contribution in [-0.4, -0.2) is 25.3 Å². The number of fused-ring (bicyclic) bond motifs is 8. The van der Waals surface area contributed by atoms with Crippen LogP contribution < -0.4 is 4.90 Å². The SMILES string of the molecule is Cc1cc(C2=N[C@]3(C)c4ccccc4C(C)(C)[C@]3(C)O2)cc(N2c3ccccc3S(=O)c3cc4c5ccccc5n(-c5cc(C(C)(C)C)ccn5)c4cc32)c1. The number of aryl methyl sites for hydroxylation is 1. The summed E-state index contributed by atoms with van der Waals surface area (Å²) < 4.78 is 23.9. The Morgan fingerprint density at radius 2 is 1.44 bits per heavy atom. The number of rotatable bonds is 3. The molecule has 0 saturated heterocycles. The zero-order chi connectivity index (χ0) is 38.2. The first-order chi connectivity index (χ1) is 26.2. The van der Waals surface area contributed by atoms with Crippen molar-refractivity contribution in [3.8, 4) is 5.82 Å². The third kappa shape index (κ3) is 4.56. The number of hydrogen-bond donors (Lipinski definition) is 0. The zero-order valence-electron chi connectivity index (χ0n) is 32.6. The summed E-state index contributed by atoms with van der Waals surface area (Å²) in [5.41, 5.74) is 9.04. The van der Waals surface area contributed by atoms with Gasteiger partial charge in [-0.25, -0.2) is 14.2 Å². The van der Waals surface area contributed by atoms with Crippen LogP contribution in [0.2, 0.25) is 0 Å². The predicted molar refractivity (Wildman–Crippen MR) is 224 cm³/mol. The van der Waals surface area contributed by atoms with Gasteiger partial charge in [0.1, 0.15) is 17.0 Å². The van der Waals surface area contributed by atoms with E-state index in [4.69, 9.17) is 14.7 Å². The molecule has 0 bridgehead atoms. The first-order valence-electron chi connectivity index (χ1n) is 19.1. The van der Waals surface area contributed by atoms with Gasteiger partial charge in [-0.1, -0.05) is 89.2 Å². The van der Waals surface area contributed by atoms with Gasteiger partial charge in [0.15, 0.2) is 0 Å². The van der Waals surface area contributed by atoms with Crippen molar-refractivity contribution in [2.75, 3.05) is 4.90 Å². The molecular formula is C48H44N4O2S. The van der Waals surface area contributed by atoms with E-state index in [1.54, 1.807) is 0 Å². The van der Waals surface area contributed by atoms with Crippen LogP contribution >= 0.6 is 0 Å². The number of hydrogen-bond acceptors (Lipinski definition) is 5. The monoisotopic (exact) mass is 740 g/mol. The summed E-state index contributed by atoms with van der Waals surface area (Å²) in [7, 11) is -1.41. The fourth-order valence-electron chi connectivity index (χ4n) is 9.41. The Bertz CT molecular complexity index is 2840. The number of benzene rings is 5. The maximum absolute atomic E-state index is 14.6. The van der Waals surface area contributed by atoms with Gasteiger partial charge in [-0.05, 0) is 109 Å². The summed E-state index contributed by atoms with van der Waals surface area (Å²) in [5.74, 6) is 1.50. The van der Waals surface area contributed by atoms with E-state index >= 15 is 0 Å². The van der Waals surface area contributed by atoms with Crippen molar-refractivity contribution in [2.45, 2.75) is 87.2 Å². The smallest absolute Gasteiger partial charge is 0.217 e. The molecule has 0 saturated carbocycles. The molecule has 1 unspecified atom stereocenters. The average molecular weight is 741 g/mol. The molecule has 0 spiro atoms. The van der Waals surface area contributed by atoms with Crippen molar-refractivity contribution in [3.63, 3.8) is 0 Å². The highest BCUT2D eigenvalue weighted by Gasteiger charge is 2.67. The van der Waals surface area contributed by atoms with Gasteiger partial charge in [0.25, 0.3) is 0 Å². The molecule has 0 N–H and O–H groups in total. The van der Waals surface area contributed by atoms with Gasteiger partial charge in [-0.15, -0.1) is 0 Å². The standard InChI is InChI=1S/C48H44N4O2S/c1-29-23-30(44-50-47(7)36-17-11-10-16-35(36)46(5,6)48(47,8)54-44)25-32(24-29)51-38-19-13-14-20-41(38)55(53)42-27-34-33-15-9-12-18-37(33)52(39(34)28-40(42)51)43-26-31(21-22-49-43)45(2,3)4/h9-28H,1-8H3/t47-,48+,55?/m1/s1. The first-order valence-corrected chi connectivity index (χ1v) is 20.2. The summed E-state index contributed by atoms with van der Waals surface area (Å²) in [6.45, 7) is 17.8. The van der Waals surface area contributed by atoms with E-state index < -0.39 is 21.9 Å². The lowest BCUT2D eigenvalue weighted by molar-refractivity contribution is -0.0136. The minimum atomic E-state index is -1.41. The Labute approximate surface area is 325 Å². The number of ether oxygens (including phenoxy) is 1. The Kier molecular flexibility index (Phi) is 6.96. The third-order valence-electron chi connectivity index (χ3n) is 12.8. The van der Waals surface area contributed by atoms with Gasteiger partial charge < -0.3 is 9.64 Å². The molecule has 7 heteroatoms. The van der Waals surface area contributed by atoms with Crippen LogP contribution in [-0.2, 0) is 31.9 Å². The molecule has 2 aliphatic heterocycles. The van der Waals surface area contributed by atoms with Crippen LogP contribution in [0.4, 0.5) is 17.1 Å². The van der Waals surface area contributed by atoms with Crippen molar-refractivity contribution in [3.05, 3.63) is 149 Å². The lowest BCUT2D eigenvalue weighted by Gasteiger charge is -2.41. The molecule has 7 aromatic rings. The molecule has 3 aliphatic rings. The van der Waals surface area contributed by atoms with Gasteiger partial charge in [-0.3, -0.25) is 4.57 Å². The maximum Gasteiger partial charge on any atom is 0.217 e. The fraction of sp³-hybridized carbons (Fsp3) is 0.250. The number of nitrogens with zero attached hydrogens (tertiary/aromatic N) is 4. The molecule has 0 amide bonds. The van der Waals surface area contributed by atoms with Gasteiger partial charge in [0, 0.05) is 33.6 Å². The van der Waals surface area contributed by atoms with E-state index in [0.29, 0.717) is 5.90 Å². The third-order valence-corrected chi connectivity index (χ3v) is 14.3. The fourth-order valence-corrected chi connectivity index (χ4v) is 10.8. The van der Waals surface area contributed by atoms with Crippen LogP contribution in [0.5, 0.6) is 0 Å². The van der Waals surface area contributed by atoms with E-state index in [1.807, 2.05) is 24.4 Å². The Morgan fingerprint density at radius 3 is 2.24 bits per heavy atom. The van der Waals surface area contributed by atoms with Crippen molar-refractivity contribution < 1.29 is 8.95 Å². The number of para-hydroxylation sites is 2. The Hall–Kier alpha value is -5.53. The van der Waals surface area contributed by atoms with E-state index in [2.05, 4.69) is 162 Å². The quantitative estimate of drug-likeness (QED) is 0.181. The van der Waals surface area contributed by atoms with E-state index in [9.17, 15) is 4.21 Å². The van der Waals surface area contributed by atoms with Gasteiger partial charge >= 0.3 is 0 Å². The van der Waals surface area contributed by atoms with Crippen LogP contribution in [0.15, 0.2) is 136 Å². The Morgan fingerprint density at radius 1 is 0.709 bits per heavy atom. The minimum absolute atomic E-state index is 0.0458. The molecular weight excluding hydrogens is 697 g/mol. The molecule has 0 fully saturated rings. The van der Waals surface area contributed by atoms with Crippen molar-refractivity contribution in [2.24, 2.45) is 4.99 Å². The molecule has 55 heavy (non-hydrogen) atoms. The molecule has 2 aromatic heterocycles. The highest BCUT2D eigenvalue weighted by molar-refractivity contribution is 7.85. The number of pyridine rings is 1. The lowest BCUT2D eigenvalue weighted by atomic mass is 9.71. The van der Waals surface area contributed by atoms with Crippen LogP contribution in [0, 0.1) is 6.92 Å². The van der Waals surface area contributed by atoms with Crippen molar-refractivity contribution in [1.29, 1.82) is 0 Å². The van der Waals surface area contributed by atoms with Crippen molar-refractivity contribution in [1.82, 2.24) is 9.55 Å². The molecule has 3 atom stereocenters. The zero-order valence-corrected chi connectivity index (χ0v) is 33.4. The van der Waals surface area contributed by atoms with Crippen LogP contribution in [0.3, 0.4) is 0 Å². The molecule has 0 radical (unpaired) electrons. The second kappa shape index (κ2) is 11.3. The Balaban J connectivity index is 1.19. The number of aliphatic imine (C=N–C) groups is 1. The summed E-state index contributed by atoms with van der Waals surface area (Å²) in [4.78, 5) is 14.2. The summed E-state index contributed by atoms with van der Waals surface area (Å²) in [6, 6.07) is 40.3. The van der Waals surface area contributed by atoms with E-state index in [0.717, 1.165) is 65.6 Å². The average Bonchev–Trinajstić information content (AvgIpc) is 3.69. The normalized spacial score (nSPS) is 22.2. The van der Waals surface area contributed by atoms with Gasteiger partial charge in [0.2, 0.25) is 5.90 Å². The van der Waals surface area contributed by atoms with Crippen molar-refractivity contribution >= 4 is 55.6 Å². The molecule has 4 heterocycles. The predicted octanol–water partition coefficient (Wildman–Crippen LogP) is 11.5. The molecule has 1 aliphatic carbocycles. The number of aromatic nitrogens is 2. The topological polar surface area (TPSA) is 59.7 Å². The van der Waals surface area contributed by atoms with Gasteiger partial charge in [-0.2, -0.15) is 0 Å². The maximum atomic E-state index is 14.6. The second-order valence-electron chi connectivity index (χ2n) is 17.3. The highest BCUT2D eigenvalue weighted by atomic mass is 32.2. The first kappa shape index (κ1) is 34.0. The molecule has 274 valence electrons. The largest absolute Gasteiger partial charge is 0.467 e.